The van der Waals surface area contributed by atoms with Crippen molar-refractivity contribution in [3.63, 3.8) is 0 Å². The van der Waals surface area contributed by atoms with Gasteiger partial charge < -0.3 is 9.80 Å². The molecule has 1 amide bonds. The number of fused-ring (bicyclic) bond motifs is 2. The van der Waals surface area contributed by atoms with Gasteiger partial charge in [0.05, 0.1) is 5.52 Å². The van der Waals surface area contributed by atoms with Crippen LogP contribution in [0.3, 0.4) is 0 Å². The molecule has 2 aliphatic rings. The molecule has 2 atom stereocenters. The summed E-state index contributed by atoms with van der Waals surface area (Å²) >= 11 is 0. The normalized spacial score (nSPS) is 21.6. The quantitative estimate of drug-likeness (QED) is 0.567. The highest BCUT2D eigenvalue weighted by Crippen LogP contribution is 2.34. The van der Waals surface area contributed by atoms with Crippen molar-refractivity contribution in [2.45, 2.75) is 57.3 Å². The maximum absolute atomic E-state index is 13.2. The number of para-hydroxylation sites is 1. The van der Waals surface area contributed by atoms with Gasteiger partial charge >= 0.3 is 0 Å². The van der Waals surface area contributed by atoms with Crippen LogP contribution in [0.25, 0.3) is 10.9 Å². The predicted octanol–water partition coefficient (Wildman–Crippen LogP) is 4.85. The molecule has 3 aromatic rings. The van der Waals surface area contributed by atoms with E-state index in [4.69, 9.17) is 4.98 Å². The number of aromatic nitrogens is 1. The third kappa shape index (κ3) is 4.60. The highest BCUT2D eigenvalue weighted by molar-refractivity contribution is 5.81. The van der Waals surface area contributed by atoms with E-state index in [0.717, 1.165) is 56.7 Å². The van der Waals surface area contributed by atoms with Crippen molar-refractivity contribution in [1.29, 1.82) is 0 Å². The number of benzene rings is 2. The van der Waals surface area contributed by atoms with Crippen molar-refractivity contribution in [2.24, 2.45) is 0 Å². The number of pyridine rings is 1. The smallest absolute Gasteiger partial charge is 0.223 e. The molecule has 3 heterocycles. The lowest BCUT2D eigenvalue weighted by atomic mass is 9.96. The average Bonchev–Trinajstić information content (AvgIpc) is 3.20. The van der Waals surface area contributed by atoms with Crippen molar-refractivity contribution >= 4 is 22.6 Å². The average molecular weight is 443 g/mol. The molecular weight excluding hydrogens is 408 g/mol. The van der Waals surface area contributed by atoms with Crippen LogP contribution in [0.1, 0.15) is 43.2 Å². The van der Waals surface area contributed by atoms with Crippen LogP contribution in [0.15, 0.2) is 60.7 Å². The van der Waals surface area contributed by atoms with Gasteiger partial charge in [-0.25, -0.2) is 4.98 Å². The molecule has 2 saturated heterocycles. The van der Waals surface area contributed by atoms with Gasteiger partial charge in [-0.2, -0.15) is 0 Å². The first-order valence-electron chi connectivity index (χ1n) is 12.2. The molecule has 0 bridgehead atoms. The molecule has 0 spiro atoms. The molecule has 5 nitrogen and oxygen atoms in total. The van der Waals surface area contributed by atoms with Gasteiger partial charge in [-0.05, 0) is 37.0 Å². The van der Waals surface area contributed by atoms with E-state index in [9.17, 15) is 4.79 Å². The van der Waals surface area contributed by atoms with Gasteiger partial charge in [-0.15, -0.1) is 0 Å². The summed E-state index contributed by atoms with van der Waals surface area (Å²) in [6.07, 6.45) is 4.99. The van der Waals surface area contributed by atoms with E-state index in [1.54, 1.807) is 0 Å². The Labute approximate surface area is 197 Å². The van der Waals surface area contributed by atoms with E-state index in [-0.39, 0.29) is 6.04 Å². The lowest BCUT2D eigenvalue weighted by Crippen LogP contribution is -2.48. The minimum Gasteiger partial charge on any atom is -0.362 e. The maximum Gasteiger partial charge on any atom is 0.223 e. The molecule has 172 valence electrons. The molecule has 2 fully saturated rings. The first-order valence-corrected chi connectivity index (χ1v) is 12.2. The number of nitrogens with zero attached hydrogens (tertiary/aromatic N) is 4. The van der Waals surface area contributed by atoms with E-state index in [1.807, 2.05) is 12.1 Å². The molecule has 5 rings (SSSR count). The number of likely N-dealkylation sites (tertiary alicyclic amines) is 2. The minimum absolute atomic E-state index is 0.286. The Hall–Kier alpha value is -2.92. The van der Waals surface area contributed by atoms with Crippen LogP contribution in [0, 0.1) is 0 Å². The summed E-state index contributed by atoms with van der Waals surface area (Å²) < 4.78 is 0. The van der Waals surface area contributed by atoms with Crippen molar-refractivity contribution in [2.75, 3.05) is 25.5 Å². The first kappa shape index (κ1) is 21.9. The fourth-order valence-electron chi connectivity index (χ4n) is 5.65. The number of carbonyl (C=O) groups is 1. The molecule has 0 saturated carbocycles. The fourth-order valence-corrected chi connectivity index (χ4v) is 5.65. The van der Waals surface area contributed by atoms with Gasteiger partial charge in [0, 0.05) is 63.2 Å². The lowest BCUT2D eigenvalue weighted by Gasteiger charge is -2.38. The first-order chi connectivity index (χ1) is 16.1. The largest absolute Gasteiger partial charge is 0.362 e. The molecule has 0 unspecified atom stereocenters. The maximum atomic E-state index is 13.2. The Balaban J connectivity index is 1.42. The van der Waals surface area contributed by atoms with Crippen LogP contribution < -0.4 is 4.90 Å². The summed E-state index contributed by atoms with van der Waals surface area (Å²) in [5.41, 5.74) is 3.52. The van der Waals surface area contributed by atoms with Gasteiger partial charge in [0.25, 0.3) is 0 Å². The van der Waals surface area contributed by atoms with E-state index in [2.05, 4.69) is 77.3 Å². The zero-order valence-corrected chi connectivity index (χ0v) is 19.8. The van der Waals surface area contributed by atoms with Crippen molar-refractivity contribution in [1.82, 2.24) is 14.8 Å². The Morgan fingerprint density at radius 3 is 2.55 bits per heavy atom. The van der Waals surface area contributed by atoms with Gasteiger partial charge in [0.15, 0.2) is 0 Å². The third-order valence-corrected chi connectivity index (χ3v) is 7.26. The number of hydrogen-bond acceptors (Lipinski definition) is 4. The number of anilines is 1. The number of amides is 1. The molecule has 2 aliphatic heterocycles. The summed E-state index contributed by atoms with van der Waals surface area (Å²) in [5, 5.41) is 1.19. The van der Waals surface area contributed by atoms with Gasteiger partial charge in [-0.3, -0.25) is 9.69 Å². The highest BCUT2D eigenvalue weighted by atomic mass is 16.2. The Morgan fingerprint density at radius 1 is 0.939 bits per heavy atom. The van der Waals surface area contributed by atoms with Crippen LogP contribution in [0.4, 0.5) is 5.82 Å². The van der Waals surface area contributed by atoms with Crippen LogP contribution in [0.5, 0.6) is 0 Å². The molecule has 2 aromatic carbocycles. The van der Waals surface area contributed by atoms with E-state index >= 15 is 0 Å². The molecule has 0 N–H and O–H groups in total. The third-order valence-electron chi connectivity index (χ3n) is 7.26. The Bertz CT molecular complexity index is 1110. The van der Waals surface area contributed by atoms with Gasteiger partial charge in [-0.1, -0.05) is 55.0 Å². The summed E-state index contributed by atoms with van der Waals surface area (Å²) in [6, 6.07) is 21.8. The fraction of sp³-hybridized carbons (Fsp3) is 0.429. The molecule has 33 heavy (non-hydrogen) atoms. The van der Waals surface area contributed by atoms with E-state index < -0.39 is 0 Å². The van der Waals surface area contributed by atoms with Crippen molar-refractivity contribution in [3.8, 4) is 0 Å². The van der Waals surface area contributed by atoms with Gasteiger partial charge in [0.2, 0.25) is 5.91 Å². The molecule has 0 radical (unpaired) electrons. The zero-order chi connectivity index (χ0) is 22.8. The van der Waals surface area contributed by atoms with E-state index in [1.165, 1.54) is 16.5 Å². The second-order valence-electron chi connectivity index (χ2n) is 9.71. The Kier molecular flexibility index (Phi) is 6.32. The summed E-state index contributed by atoms with van der Waals surface area (Å²) in [5.74, 6) is 1.36. The summed E-state index contributed by atoms with van der Waals surface area (Å²) in [7, 11) is 4.15. The number of hydrogen-bond donors (Lipinski definition) is 0. The summed E-state index contributed by atoms with van der Waals surface area (Å²) in [4.78, 5) is 25.1. The molecule has 1 aromatic heterocycles. The van der Waals surface area contributed by atoms with Crippen LogP contribution in [0.2, 0.25) is 0 Å². The molecule has 0 aliphatic carbocycles. The van der Waals surface area contributed by atoms with Crippen LogP contribution >= 0.6 is 0 Å². The lowest BCUT2D eigenvalue weighted by molar-refractivity contribution is -0.135. The summed E-state index contributed by atoms with van der Waals surface area (Å²) in [6.45, 7) is 2.61. The minimum atomic E-state index is 0.286. The molecular formula is C28H34N4O. The van der Waals surface area contributed by atoms with Crippen molar-refractivity contribution in [3.05, 3.63) is 71.8 Å². The SMILES string of the molecule is CN(C)c1nc2ccccc2cc1CN1CC[C@H]2[C@H]1CCCCC(=O)N2Cc1ccccc1. The second kappa shape index (κ2) is 9.52. The second-order valence-corrected chi connectivity index (χ2v) is 9.71. The monoisotopic (exact) mass is 442 g/mol. The zero-order valence-electron chi connectivity index (χ0n) is 19.8. The van der Waals surface area contributed by atoms with Crippen LogP contribution in [-0.4, -0.2) is 53.4 Å². The molecule has 5 heteroatoms. The number of carbonyl (C=O) groups excluding carboxylic acids is 1. The van der Waals surface area contributed by atoms with Crippen LogP contribution in [-0.2, 0) is 17.9 Å². The number of rotatable bonds is 5. The Morgan fingerprint density at radius 2 is 1.73 bits per heavy atom. The predicted molar refractivity (Wildman–Crippen MR) is 134 cm³/mol. The standard InChI is InChI=1S/C28H34N4O/c1-30(2)28-23(18-22-12-6-7-13-24(22)29-28)20-31-17-16-26-25(31)14-8-9-15-27(33)32(26)19-21-10-4-3-5-11-21/h3-7,10-13,18,25-26H,8-9,14-17,19-20H2,1-2H3/t25-,26+/m1/s1. The van der Waals surface area contributed by atoms with Gasteiger partial charge in [0.1, 0.15) is 5.82 Å². The van der Waals surface area contributed by atoms with Crippen molar-refractivity contribution < 1.29 is 4.79 Å². The highest BCUT2D eigenvalue weighted by Gasteiger charge is 2.40. The topological polar surface area (TPSA) is 39.7 Å². The van der Waals surface area contributed by atoms with E-state index in [0.29, 0.717) is 18.4 Å².